The molecule has 0 radical (unpaired) electrons. The molecule has 0 bridgehead atoms. The van der Waals surface area contributed by atoms with Crippen LogP contribution >= 0.6 is 47.0 Å². The fraction of sp³-hybridized carbons (Fsp3) is 0.222. The van der Waals surface area contributed by atoms with Crippen molar-refractivity contribution >= 4 is 58.3 Å². The highest BCUT2D eigenvalue weighted by Gasteiger charge is 2.12. The summed E-state index contributed by atoms with van der Waals surface area (Å²) >= 11 is 23.4. The van der Waals surface area contributed by atoms with Gasteiger partial charge in [0, 0.05) is 17.6 Å². The first-order valence-corrected chi connectivity index (χ1v) is 9.53. The molecule has 0 aromatic heterocycles. The van der Waals surface area contributed by atoms with E-state index in [0.717, 1.165) is 5.56 Å². The standard InChI is InChI=1S/C18H18Cl3N3O2S/c1-3-25-16-8-11(9-23-24-18(27)22-2)4-7-15(16)26-10-12-13(19)5-6-14(20)17(12)21/h4-9H,3,10H2,1-2H3,(H2,22,24,27). The van der Waals surface area contributed by atoms with Gasteiger partial charge in [-0.15, -0.1) is 0 Å². The first-order chi connectivity index (χ1) is 13.0. The molecule has 0 fully saturated rings. The minimum Gasteiger partial charge on any atom is -0.490 e. The van der Waals surface area contributed by atoms with Crippen LogP contribution in [-0.2, 0) is 6.61 Å². The number of halogens is 3. The Morgan fingerprint density at radius 1 is 1.11 bits per heavy atom. The predicted molar refractivity (Wildman–Crippen MR) is 116 cm³/mol. The van der Waals surface area contributed by atoms with Crippen molar-refractivity contribution in [2.24, 2.45) is 5.10 Å². The van der Waals surface area contributed by atoms with E-state index in [1.165, 1.54) is 0 Å². The fourth-order valence-corrected chi connectivity index (χ4v) is 2.77. The van der Waals surface area contributed by atoms with E-state index in [1.54, 1.807) is 31.5 Å². The van der Waals surface area contributed by atoms with Crippen LogP contribution in [0.4, 0.5) is 0 Å². The molecule has 2 aromatic rings. The van der Waals surface area contributed by atoms with Crippen LogP contribution in [0.15, 0.2) is 35.4 Å². The van der Waals surface area contributed by atoms with Crippen molar-refractivity contribution in [3.8, 4) is 11.5 Å². The molecule has 0 unspecified atom stereocenters. The molecule has 0 saturated carbocycles. The molecular formula is C18H18Cl3N3O2S. The first kappa shape index (κ1) is 21.6. The van der Waals surface area contributed by atoms with Gasteiger partial charge in [0.25, 0.3) is 0 Å². The molecule has 144 valence electrons. The number of hydrogen-bond donors (Lipinski definition) is 2. The van der Waals surface area contributed by atoms with Gasteiger partial charge in [-0.25, -0.2) is 0 Å². The van der Waals surface area contributed by atoms with E-state index in [2.05, 4.69) is 15.8 Å². The number of hydrazone groups is 1. The van der Waals surface area contributed by atoms with Crippen LogP contribution in [0.1, 0.15) is 18.1 Å². The molecule has 0 aliphatic rings. The van der Waals surface area contributed by atoms with E-state index in [0.29, 0.717) is 43.8 Å². The van der Waals surface area contributed by atoms with Gasteiger partial charge >= 0.3 is 0 Å². The zero-order valence-electron chi connectivity index (χ0n) is 14.7. The highest BCUT2D eigenvalue weighted by Crippen LogP contribution is 2.34. The molecule has 0 aliphatic carbocycles. The van der Waals surface area contributed by atoms with Gasteiger partial charge in [0.15, 0.2) is 16.6 Å². The monoisotopic (exact) mass is 445 g/mol. The molecule has 0 amide bonds. The second-order valence-corrected chi connectivity index (χ2v) is 6.80. The Balaban J connectivity index is 2.17. The Morgan fingerprint density at radius 3 is 2.56 bits per heavy atom. The number of rotatable bonds is 7. The third kappa shape index (κ3) is 6.14. The normalized spacial score (nSPS) is 10.7. The molecule has 9 heteroatoms. The summed E-state index contributed by atoms with van der Waals surface area (Å²) in [5.41, 5.74) is 4.12. The van der Waals surface area contributed by atoms with E-state index >= 15 is 0 Å². The number of nitrogens with zero attached hydrogens (tertiary/aromatic N) is 1. The molecule has 5 nitrogen and oxygen atoms in total. The van der Waals surface area contributed by atoms with Crippen molar-refractivity contribution in [2.75, 3.05) is 13.7 Å². The average molecular weight is 447 g/mol. The van der Waals surface area contributed by atoms with E-state index in [4.69, 9.17) is 56.5 Å². The molecular weight excluding hydrogens is 429 g/mol. The summed E-state index contributed by atoms with van der Waals surface area (Å²) in [5, 5.41) is 8.51. The Labute approximate surface area is 178 Å². The molecule has 2 rings (SSSR count). The summed E-state index contributed by atoms with van der Waals surface area (Å²) in [6.07, 6.45) is 1.63. The molecule has 27 heavy (non-hydrogen) atoms. The molecule has 0 saturated heterocycles. The lowest BCUT2D eigenvalue weighted by molar-refractivity contribution is 0.269. The van der Waals surface area contributed by atoms with Crippen LogP contribution < -0.4 is 20.2 Å². The van der Waals surface area contributed by atoms with Crippen LogP contribution in [-0.4, -0.2) is 25.0 Å². The largest absolute Gasteiger partial charge is 0.490 e. The maximum atomic E-state index is 6.22. The number of benzene rings is 2. The topological polar surface area (TPSA) is 54.9 Å². The average Bonchev–Trinajstić information content (AvgIpc) is 2.66. The predicted octanol–water partition coefficient (Wildman–Crippen LogP) is 5.05. The molecule has 0 aliphatic heterocycles. The van der Waals surface area contributed by atoms with Crippen LogP contribution in [0.3, 0.4) is 0 Å². The molecule has 2 N–H and O–H groups in total. The Hall–Kier alpha value is -1.73. The van der Waals surface area contributed by atoms with Gasteiger partial charge in [-0.2, -0.15) is 5.10 Å². The van der Waals surface area contributed by atoms with E-state index in [1.807, 2.05) is 19.1 Å². The van der Waals surface area contributed by atoms with Crippen molar-refractivity contribution in [1.29, 1.82) is 0 Å². The second kappa shape index (κ2) is 10.6. The Bertz CT molecular complexity index is 847. The third-order valence-corrected chi connectivity index (χ3v) is 4.88. The third-order valence-electron chi connectivity index (χ3n) is 3.39. The van der Waals surface area contributed by atoms with Crippen LogP contribution in [0, 0.1) is 0 Å². The fourth-order valence-electron chi connectivity index (χ4n) is 2.07. The highest BCUT2D eigenvalue weighted by atomic mass is 35.5. The SMILES string of the molecule is CCOc1cc(C=NNC(=S)NC)ccc1OCc1c(Cl)ccc(Cl)c1Cl. The Morgan fingerprint density at radius 2 is 1.85 bits per heavy atom. The molecule has 0 spiro atoms. The molecule has 0 heterocycles. The minimum atomic E-state index is 0.156. The lowest BCUT2D eigenvalue weighted by atomic mass is 10.2. The number of ether oxygens (including phenoxy) is 2. The quantitative estimate of drug-likeness (QED) is 0.270. The van der Waals surface area contributed by atoms with E-state index in [9.17, 15) is 0 Å². The van der Waals surface area contributed by atoms with Gasteiger partial charge in [0.05, 0.1) is 22.9 Å². The summed E-state index contributed by atoms with van der Waals surface area (Å²) in [4.78, 5) is 0. The smallest absolute Gasteiger partial charge is 0.186 e. The zero-order chi connectivity index (χ0) is 19.8. The Kier molecular flexibility index (Phi) is 8.44. The summed E-state index contributed by atoms with van der Waals surface area (Å²) < 4.78 is 11.5. The van der Waals surface area contributed by atoms with Crippen LogP contribution in [0.25, 0.3) is 0 Å². The van der Waals surface area contributed by atoms with E-state index in [-0.39, 0.29) is 6.61 Å². The highest BCUT2D eigenvalue weighted by molar-refractivity contribution is 7.80. The summed E-state index contributed by atoms with van der Waals surface area (Å²) in [6.45, 7) is 2.53. The minimum absolute atomic E-state index is 0.156. The van der Waals surface area contributed by atoms with Gasteiger partial charge in [-0.05, 0) is 55.0 Å². The van der Waals surface area contributed by atoms with Gasteiger partial charge in [0.2, 0.25) is 0 Å². The molecule has 0 atom stereocenters. The van der Waals surface area contributed by atoms with Crippen LogP contribution in [0.2, 0.25) is 15.1 Å². The maximum absolute atomic E-state index is 6.22. The van der Waals surface area contributed by atoms with Crippen molar-refractivity contribution in [1.82, 2.24) is 10.7 Å². The van der Waals surface area contributed by atoms with Crippen LogP contribution in [0.5, 0.6) is 11.5 Å². The summed E-state index contributed by atoms with van der Waals surface area (Å²) in [6, 6.07) is 8.76. The van der Waals surface area contributed by atoms with Crippen molar-refractivity contribution < 1.29 is 9.47 Å². The summed E-state index contributed by atoms with van der Waals surface area (Å²) in [5.74, 6) is 1.13. The van der Waals surface area contributed by atoms with Gasteiger partial charge in [0.1, 0.15) is 6.61 Å². The second-order valence-electron chi connectivity index (χ2n) is 5.20. The maximum Gasteiger partial charge on any atom is 0.186 e. The van der Waals surface area contributed by atoms with E-state index < -0.39 is 0 Å². The lowest BCUT2D eigenvalue weighted by Crippen LogP contribution is -2.28. The summed E-state index contributed by atoms with van der Waals surface area (Å²) in [7, 11) is 1.71. The van der Waals surface area contributed by atoms with Crippen molar-refractivity contribution in [2.45, 2.75) is 13.5 Å². The molecule has 2 aromatic carbocycles. The first-order valence-electron chi connectivity index (χ1n) is 7.99. The zero-order valence-corrected chi connectivity index (χ0v) is 17.8. The van der Waals surface area contributed by atoms with Gasteiger partial charge in [-0.1, -0.05) is 34.8 Å². The number of nitrogens with one attached hydrogen (secondary N) is 2. The van der Waals surface area contributed by atoms with Crippen molar-refractivity contribution in [3.05, 3.63) is 56.5 Å². The number of thiocarbonyl (C=S) groups is 1. The number of hydrogen-bond acceptors (Lipinski definition) is 4. The van der Waals surface area contributed by atoms with Gasteiger partial charge in [-0.3, -0.25) is 5.43 Å². The van der Waals surface area contributed by atoms with Crippen molar-refractivity contribution in [3.63, 3.8) is 0 Å². The lowest BCUT2D eigenvalue weighted by Gasteiger charge is -2.14. The van der Waals surface area contributed by atoms with Gasteiger partial charge < -0.3 is 14.8 Å².